The van der Waals surface area contributed by atoms with Gasteiger partial charge in [-0.3, -0.25) is 9.59 Å². The SMILES string of the molecule is Nc1c(C(=O)NCC(O)(CN(CCF)C(=O)c2c(OC(F)F)cccc2OC(F)F)C(F)(F)F)cnn1-c1ccc(F)cc1. The maximum Gasteiger partial charge on any atom is 0.420 e. The van der Waals surface area contributed by atoms with Gasteiger partial charge in [0.25, 0.3) is 11.8 Å². The fourth-order valence-corrected chi connectivity index (χ4v) is 3.83. The van der Waals surface area contributed by atoms with Crippen molar-refractivity contribution in [2.75, 3.05) is 32.0 Å². The van der Waals surface area contributed by atoms with Crippen LogP contribution in [0.4, 0.5) is 45.3 Å². The summed E-state index contributed by atoms with van der Waals surface area (Å²) in [6.45, 7) is -13.5. The van der Waals surface area contributed by atoms with Crippen LogP contribution < -0.4 is 20.5 Å². The van der Waals surface area contributed by atoms with Crippen molar-refractivity contribution >= 4 is 17.6 Å². The van der Waals surface area contributed by atoms with Crippen LogP contribution in [0, 0.1) is 5.82 Å². The number of carbonyl (C=O) groups is 2. The summed E-state index contributed by atoms with van der Waals surface area (Å²) in [5.41, 5.74) is 0.341. The Morgan fingerprint density at radius 2 is 1.59 bits per heavy atom. The van der Waals surface area contributed by atoms with E-state index in [1.807, 2.05) is 0 Å². The molecule has 0 radical (unpaired) electrons. The highest BCUT2D eigenvalue weighted by molar-refractivity contribution is 6.00. The summed E-state index contributed by atoms with van der Waals surface area (Å²) in [7, 11) is 0. The number of hydrogen-bond donors (Lipinski definition) is 3. The lowest BCUT2D eigenvalue weighted by Crippen LogP contribution is -2.60. The molecule has 1 aromatic heterocycles. The maximum atomic E-state index is 14.1. The second kappa shape index (κ2) is 13.7. The fraction of sp³-hybridized carbons (Fsp3) is 0.320. The molecule has 44 heavy (non-hydrogen) atoms. The number of alkyl halides is 8. The highest BCUT2D eigenvalue weighted by Crippen LogP contribution is 2.35. The van der Waals surface area contributed by atoms with E-state index in [0.29, 0.717) is 12.1 Å². The predicted molar refractivity (Wildman–Crippen MR) is 133 cm³/mol. The summed E-state index contributed by atoms with van der Waals surface area (Å²) >= 11 is 0. The van der Waals surface area contributed by atoms with Crippen molar-refractivity contribution < 1.29 is 63.7 Å². The smallest absolute Gasteiger partial charge is 0.420 e. The van der Waals surface area contributed by atoms with Gasteiger partial charge in [0.05, 0.1) is 25.0 Å². The Balaban J connectivity index is 1.91. The summed E-state index contributed by atoms with van der Waals surface area (Å²) < 4.78 is 130. The number of nitrogen functional groups attached to an aromatic ring is 1. The van der Waals surface area contributed by atoms with Crippen molar-refractivity contribution in [2.45, 2.75) is 25.0 Å². The Hall–Kier alpha value is -4.68. The summed E-state index contributed by atoms with van der Waals surface area (Å²) in [6, 6.07) is 6.81. The zero-order valence-corrected chi connectivity index (χ0v) is 22.0. The number of aliphatic hydroxyl groups is 1. The molecular formula is C25H22F9N5O5. The van der Waals surface area contributed by atoms with E-state index >= 15 is 0 Å². The lowest BCUT2D eigenvalue weighted by atomic mass is 10.0. The zero-order chi connectivity index (χ0) is 32.8. The van der Waals surface area contributed by atoms with E-state index in [4.69, 9.17) is 5.73 Å². The first-order chi connectivity index (χ1) is 20.6. The fourth-order valence-electron chi connectivity index (χ4n) is 3.83. The number of amides is 2. The van der Waals surface area contributed by atoms with Gasteiger partial charge < -0.3 is 30.5 Å². The number of carbonyl (C=O) groups excluding carboxylic acids is 2. The number of ether oxygens (including phenoxy) is 2. The van der Waals surface area contributed by atoms with E-state index in [1.54, 1.807) is 5.32 Å². The lowest BCUT2D eigenvalue weighted by molar-refractivity contribution is -0.260. The highest BCUT2D eigenvalue weighted by atomic mass is 19.4. The second-order valence-corrected chi connectivity index (χ2v) is 8.85. The number of aromatic nitrogens is 2. The van der Waals surface area contributed by atoms with Crippen LogP contribution in [0.3, 0.4) is 0 Å². The Labute approximate surface area is 241 Å². The van der Waals surface area contributed by atoms with E-state index < -0.39 is 91.6 Å². The van der Waals surface area contributed by atoms with Crippen molar-refractivity contribution in [2.24, 2.45) is 0 Å². The van der Waals surface area contributed by atoms with Gasteiger partial charge in [0.2, 0.25) is 0 Å². The molecule has 3 rings (SSSR count). The van der Waals surface area contributed by atoms with Gasteiger partial charge in [-0.05, 0) is 36.4 Å². The molecule has 0 fully saturated rings. The molecular weight excluding hydrogens is 621 g/mol. The number of halogens is 9. The highest BCUT2D eigenvalue weighted by Gasteiger charge is 2.55. The van der Waals surface area contributed by atoms with Crippen LogP contribution in [0.1, 0.15) is 20.7 Å². The van der Waals surface area contributed by atoms with Gasteiger partial charge in [-0.15, -0.1) is 0 Å². The summed E-state index contributed by atoms with van der Waals surface area (Å²) in [5.74, 6) is -6.22. The largest absolute Gasteiger partial charge is 0.434 e. The monoisotopic (exact) mass is 643 g/mol. The maximum absolute atomic E-state index is 14.1. The number of benzene rings is 2. The standard InChI is InChI=1S/C25H22F9N5O5/c26-8-9-38(21(41)18-16(43-22(28)29)2-1-3-17(18)44-23(30)31)12-24(42,25(32,33)34)11-36-20(40)15-10-37-39(19(15)35)14-6-4-13(27)5-7-14/h1-7,10,22-23,42H,8-9,11-12,35H2,(H,36,40). The molecule has 1 heterocycles. The third-order valence-corrected chi connectivity index (χ3v) is 5.92. The van der Waals surface area contributed by atoms with Gasteiger partial charge in [-0.25, -0.2) is 13.5 Å². The van der Waals surface area contributed by atoms with E-state index in [0.717, 1.165) is 29.1 Å². The first-order valence-electron chi connectivity index (χ1n) is 12.1. The molecule has 0 saturated carbocycles. The first kappa shape index (κ1) is 33.8. The normalized spacial score (nSPS) is 13.1. The third kappa shape index (κ3) is 7.82. The van der Waals surface area contributed by atoms with Crippen molar-refractivity contribution in [1.82, 2.24) is 20.0 Å². The predicted octanol–water partition coefficient (Wildman–Crippen LogP) is 3.93. The molecule has 1 atom stereocenters. The quantitative estimate of drug-likeness (QED) is 0.241. The Kier molecular flexibility index (Phi) is 10.6. The van der Waals surface area contributed by atoms with Crippen LogP contribution in [0.15, 0.2) is 48.7 Å². The number of nitrogens with zero attached hydrogens (tertiary/aromatic N) is 3. The van der Waals surface area contributed by atoms with Gasteiger partial charge in [-0.2, -0.15) is 35.8 Å². The average Bonchev–Trinajstić information content (AvgIpc) is 3.31. The van der Waals surface area contributed by atoms with Crippen molar-refractivity contribution in [3.8, 4) is 17.2 Å². The Morgan fingerprint density at radius 1 is 1.02 bits per heavy atom. The molecule has 10 nitrogen and oxygen atoms in total. The minimum atomic E-state index is -5.62. The number of hydrogen-bond acceptors (Lipinski definition) is 7. The summed E-state index contributed by atoms with van der Waals surface area (Å²) in [6.07, 6.45) is -4.76. The van der Waals surface area contributed by atoms with Gasteiger partial charge in [0, 0.05) is 6.54 Å². The third-order valence-electron chi connectivity index (χ3n) is 5.92. The molecule has 0 aliphatic heterocycles. The van der Waals surface area contributed by atoms with Crippen molar-refractivity contribution in [1.29, 1.82) is 0 Å². The van der Waals surface area contributed by atoms with Crippen LogP contribution in [-0.4, -0.2) is 82.9 Å². The molecule has 0 saturated heterocycles. The van der Waals surface area contributed by atoms with Crippen molar-refractivity contribution in [3.05, 3.63) is 65.6 Å². The molecule has 1 unspecified atom stereocenters. The van der Waals surface area contributed by atoms with Crippen molar-refractivity contribution in [3.63, 3.8) is 0 Å². The lowest BCUT2D eigenvalue weighted by Gasteiger charge is -2.35. The van der Waals surface area contributed by atoms with Crippen LogP contribution in [-0.2, 0) is 0 Å². The summed E-state index contributed by atoms with van der Waals surface area (Å²) in [5, 5.41) is 16.2. The van der Waals surface area contributed by atoms with Crippen LogP contribution in [0.5, 0.6) is 11.5 Å². The first-order valence-corrected chi connectivity index (χ1v) is 12.1. The number of nitrogens with one attached hydrogen (secondary N) is 1. The topological polar surface area (TPSA) is 132 Å². The second-order valence-electron chi connectivity index (χ2n) is 8.85. The zero-order valence-electron chi connectivity index (χ0n) is 22.0. The molecule has 0 spiro atoms. The Morgan fingerprint density at radius 3 is 2.09 bits per heavy atom. The molecule has 2 amide bonds. The molecule has 3 aromatic rings. The molecule has 4 N–H and O–H groups in total. The van der Waals surface area contributed by atoms with E-state index in [9.17, 15) is 54.2 Å². The molecule has 0 aliphatic carbocycles. The minimum Gasteiger partial charge on any atom is -0.434 e. The van der Waals surface area contributed by atoms with Gasteiger partial charge >= 0.3 is 19.4 Å². The molecule has 0 bridgehead atoms. The Bertz CT molecular complexity index is 1420. The number of anilines is 1. The van der Waals surface area contributed by atoms with Gasteiger partial charge in [-0.1, -0.05) is 6.07 Å². The molecule has 0 aliphatic rings. The number of nitrogens with two attached hydrogens (primary N) is 1. The average molecular weight is 643 g/mol. The van der Waals surface area contributed by atoms with Gasteiger partial charge in [0.1, 0.15) is 40.9 Å². The van der Waals surface area contributed by atoms with E-state index in [1.165, 1.54) is 12.1 Å². The van der Waals surface area contributed by atoms with Crippen LogP contribution in [0.2, 0.25) is 0 Å². The molecule has 240 valence electrons. The van der Waals surface area contributed by atoms with Gasteiger partial charge in [0.15, 0.2) is 5.60 Å². The molecule has 2 aromatic carbocycles. The molecule has 19 heteroatoms. The van der Waals surface area contributed by atoms with E-state index in [2.05, 4.69) is 14.6 Å². The van der Waals surface area contributed by atoms with E-state index in [-0.39, 0.29) is 16.4 Å². The minimum absolute atomic E-state index is 0.00738. The van der Waals surface area contributed by atoms with Crippen LogP contribution in [0.25, 0.3) is 5.69 Å². The van der Waals surface area contributed by atoms with Crippen LogP contribution >= 0.6 is 0 Å². The summed E-state index contributed by atoms with van der Waals surface area (Å²) in [4.78, 5) is 25.9. The number of rotatable bonds is 13.